The summed E-state index contributed by atoms with van der Waals surface area (Å²) in [7, 11) is 1.21. The Balaban J connectivity index is 1.83. The van der Waals surface area contributed by atoms with E-state index in [0.717, 1.165) is 4.90 Å². The van der Waals surface area contributed by atoms with Crippen LogP contribution in [0.2, 0.25) is 0 Å². The van der Waals surface area contributed by atoms with Crippen molar-refractivity contribution in [3.63, 3.8) is 0 Å². The number of methoxy groups -OCH3 is 1. The molecule has 0 spiro atoms. The maximum Gasteiger partial charge on any atom is 0.373 e. The maximum absolute atomic E-state index is 12.8. The Morgan fingerprint density at radius 2 is 1.94 bits per heavy atom. The van der Waals surface area contributed by atoms with Gasteiger partial charge in [-0.25, -0.2) is 9.59 Å². The topological polar surface area (TPSA) is 150 Å². The molecule has 0 unspecified atom stereocenters. The van der Waals surface area contributed by atoms with Crippen LogP contribution in [-0.4, -0.2) is 49.0 Å². The van der Waals surface area contributed by atoms with Gasteiger partial charge in [0.2, 0.25) is 5.76 Å². The van der Waals surface area contributed by atoms with Crippen LogP contribution in [0.3, 0.4) is 0 Å². The summed E-state index contributed by atoms with van der Waals surface area (Å²) in [5.74, 6) is -1.10. The predicted octanol–water partition coefficient (Wildman–Crippen LogP) is 2.18. The first-order valence-electron chi connectivity index (χ1n) is 9.62. The van der Waals surface area contributed by atoms with E-state index < -0.39 is 23.8 Å². The second kappa shape index (κ2) is 10.2. The highest BCUT2D eigenvalue weighted by Gasteiger charge is 2.34. The van der Waals surface area contributed by atoms with Crippen molar-refractivity contribution in [1.82, 2.24) is 10.2 Å². The molecule has 174 valence electrons. The number of esters is 1. The standard InChI is InChI=1S/C21H20BrN3O8/c1-3-31-16-7-11(13(22)8-17(16)32-10-18(23)26)6-14-19(27)25(21(29)24-14)9-12-4-5-15(33-12)20(28)30-2/h4-8H,3,9-10H2,1-2H3,(H2,23,26)(H,24,29)/b14-6-. The van der Waals surface area contributed by atoms with E-state index in [4.69, 9.17) is 19.6 Å². The van der Waals surface area contributed by atoms with Gasteiger partial charge in [0.15, 0.2) is 18.1 Å². The van der Waals surface area contributed by atoms with Crippen LogP contribution in [0.4, 0.5) is 4.79 Å². The molecule has 3 rings (SSSR count). The molecule has 11 nitrogen and oxygen atoms in total. The van der Waals surface area contributed by atoms with Crippen molar-refractivity contribution in [3.05, 3.63) is 51.5 Å². The van der Waals surface area contributed by atoms with E-state index in [0.29, 0.717) is 22.4 Å². The van der Waals surface area contributed by atoms with Crippen molar-refractivity contribution in [2.45, 2.75) is 13.5 Å². The minimum absolute atomic E-state index is 0.0219. The molecule has 1 aliphatic heterocycles. The molecular formula is C21H20BrN3O8. The van der Waals surface area contributed by atoms with Gasteiger partial charge in [0.25, 0.3) is 11.8 Å². The molecule has 1 aliphatic rings. The summed E-state index contributed by atoms with van der Waals surface area (Å²) >= 11 is 3.38. The fourth-order valence-electron chi connectivity index (χ4n) is 2.89. The first-order chi connectivity index (χ1) is 15.7. The molecule has 0 radical (unpaired) electrons. The highest BCUT2D eigenvalue weighted by atomic mass is 79.9. The lowest BCUT2D eigenvalue weighted by atomic mass is 10.1. The number of furan rings is 1. The quantitative estimate of drug-likeness (QED) is 0.289. The van der Waals surface area contributed by atoms with Gasteiger partial charge in [-0.2, -0.15) is 0 Å². The lowest BCUT2D eigenvalue weighted by Gasteiger charge is -2.13. The van der Waals surface area contributed by atoms with E-state index in [9.17, 15) is 19.2 Å². The smallest absolute Gasteiger partial charge is 0.373 e. The van der Waals surface area contributed by atoms with Gasteiger partial charge in [-0.15, -0.1) is 0 Å². The summed E-state index contributed by atoms with van der Waals surface area (Å²) < 4.78 is 21.3. The molecule has 1 saturated heterocycles. The van der Waals surface area contributed by atoms with Crippen LogP contribution in [0, 0.1) is 0 Å². The third kappa shape index (κ3) is 5.52. The van der Waals surface area contributed by atoms with Gasteiger partial charge in [-0.3, -0.25) is 14.5 Å². The Hall–Kier alpha value is -3.80. The number of ether oxygens (including phenoxy) is 3. The number of primary amides is 1. The van der Waals surface area contributed by atoms with Crippen molar-refractivity contribution >= 4 is 45.8 Å². The number of nitrogens with two attached hydrogens (primary N) is 1. The number of nitrogens with one attached hydrogen (secondary N) is 1. The molecule has 0 saturated carbocycles. The zero-order valence-corrected chi connectivity index (χ0v) is 19.3. The second-order valence-corrected chi connectivity index (χ2v) is 7.50. The Morgan fingerprint density at radius 1 is 1.21 bits per heavy atom. The molecule has 3 N–H and O–H groups in total. The summed E-state index contributed by atoms with van der Waals surface area (Å²) in [6.07, 6.45) is 1.46. The lowest BCUT2D eigenvalue weighted by Crippen LogP contribution is -2.30. The van der Waals surface area contributed by atoms with E-state index in [1.807, 2.05) is 0 Å². The number of halogens is 1. The van der Waals surface area contributed by atoms with Crippen molar-refractivity contribution in [1.29, 1.82) is 0 Å². The van der Waals surface area contributed by atoms with Crippen LogP contribution in [0.1, 0.15) is 28.8 Å². The van der Waals surface area contributed by atoms with Crippen molar-refractivity contribution in [2.75, 3.05) is 20.3 Å². The zero-order chi connectivity index (χ0) is 24.1. The van der Waals surface area contributed by atoms with Crippen molar-refractivity contribution < 1.29 is 37.8 Å². The number of amides is 4. The van der Waals surface area contributed by atoms with Crippen LogP contribution >= 0.6 is 15.9 Å². The van der Waals surface area contributed by atoms with Crippen molar-refractivity contribution in [3.8, 4) is 11.5 Å². The van der Waals surface area contributed by atoms with Crippen LogP contribution in [-0.2, 0) is 20.9 Å². The van der Waals surface area contributed by atoms with Crippen molar-refractivity contribution in [2.24, 2.45) is 5.73 Å². The lowest BCUT2D eigenvalue weighted by molar-refractivity contribution is -0.123. The molecule has 0 bridgehead atoms. The summed E-state index contributed by atoms with van der Waals surface area (Å²) in [5.41, 5.74) is 5.66. The molecule has 1 fully saturated rings. The summed E-state index contributed by atoms with van der Waals surface area (Å²) in [6.45, 7) is 1.59. The monoisotopic (exact) mass is 521 g/mol. The highest BCUT2D eigenvalue weighted by molar-refractivity contribution is 9.10. The molecule has 2 heterocycles. The first-order valence-corrected chi connectivity index (χ1v) is 10.4. The van der Waals surface area contributed by atoms with Crippen LogP contribution in [0.15, 0.2) is 38.9 Å². The van der Waals surface area contributed by atoms with E-state index >= 15 is 0 Å². The number of carbonyl (C=O) groups excluding carboxylic acids is 4. The molecule has 0 atom stereocenters. The highest BCUT2D eigenvalue weighted by Crippen LogP contribution is 2.35. The minimum Gasteiger partial charge on any atom is -0.490 e. The summed E-state index contributed by atoms with van der Waals surface area (Å²) in [6, 6.07) is 5.38. The van der Waals surface area contributed by atoms with Gasteiger partial charge in [-0.1, -0.05) is 15.9 Å². The van der Waals surface area contributed by atoms with Crippen LogP contribution < -0.4 is 20.5 Å². The Bertz CT molecular complexity index is 1140. The molecule has 4 amide bonds. The molecule has 12 heteroatoms. The Morgan fingerprint density at radius 3 is 2.61 bits per heavy atom. The average molecular weight is 522 g/mol. The molecule has 1 aromatic carbocycles. The van der Waals surface area contributed by atoms with Gasteiger partial charge >= 0.3 is 12.0 Å². The van der Waals surface area contributed by atoms with Crippen LogP contribution in [0.25, 0.3) is 6.08 Å². The van der Waals surface area contributed by atoms with E-state index in [1.54, 1.807) is 19.1 Å². The van der Waals surface area contributed by atoms with Gasteiger partial charge in [0.1, 0.15) is 11.5 Å². The maximum atomic E-state index is 12.8. The number of imide groups is 1. The molecular weight excluding hydrogens is 502 g/mol. The minimum atomic E-state index is -0.669. The molecule has 33 heavy (non-hydrogen) atoms. The summed E-state index contributed by atoms with van der Waals surface area (Å²) in [4.78, 5) is 48.7. The molecule has 2 aromatic rings. The molecule has 1 aromatic heterocycles. The predicted molar refractivity (Wildman–Crippen MR) is 117 cm³/mol. The van der Waals surface area contributed by atoms with E-state index in [-0.39, 0.29) is 36.1 Å². The fraction of sp³-hybridized carbons (Fsp3) is 0.238. The number of carbonyl (C=O) groups is 4. The van der Waals surface area contributed by atoms with Gasteiger partial charge in [0, 0.05) is 4.47 Å². The number of nitrogens with zero attached hydrogens (tertiary/aromatic N) is 1. The van der Waals surface area contributed by atoms with Gasteiger partial charge in [0.05, 0.1) is 20.3 Å². The second-order valence-electron chi connectivity index (χ2n) is 6.65. The normalized spacial score (nSPS) is 14.4. The van der Waals surface area contributed by atoms with E-state index in [1.165, 1.54) is 25.3 Å². The first kappa shape index (κ1) is 23.9. The van der Waals surface area contributed by atoms with Crippen LogP contribution in [0.5, 0.6) is 11.5 Å². The average Bonchev–Trinajstić information content (AvgIpc) is 3.35. The van der Waals surface area contributed by atoms with Gasteiger partial charge in [-0.05, 0) is 42.8 Å². The fourth-order valence-corrected chi connectivity index (χ4v) is 3.33. The zero-order valence-electron chi connectivity index (χ0n) is 17.7. The molecule has 0 aliphatic carbocycles. The third-order valence-electron chi connectivity index (χ3n) is 4.36. The Labute approximate surface area is 196 Å². The number of rotatable bonds is 9. The van der Waals surface area contributed by atoms with Gasteiger partial charge < -0.3 is 29.7 Å². The number of hydrogen-bond acceptors (Lipinski definition) is 8. The van der Waals surface area contributed by atoms with E-state index in [2.05, 4.69) is 26.0 Å². The SMILES string of the molecule is CCOc1cc(/C=C2\NC(=O)N(Cc3ccc(C(=O)OC)o3)C2=O)c(Br)cc1OCC(N)=O. The Kier molecular flexibility index (Phi) is 7.38. The number of hydrogen-bond donors (Lipinski definition) is 2. The third-order valence-corrected chi connectivity index (χ3v) is 5.04. The number of urea groups is 1. The number of benzene rings is 1. The largest absolute Gasteiger partial charge is 0.490 e. The summed E-state index contributed by atoms with van der Waals surface area (Å²) in [5, 5.41) is 2.51.